The second-order valence-electron chi connectivity index (χ2n) is 4.33. The number of rotatable bonds is 5. The quantitative estimate of drug-likeness (QED) is 0.807. The Morgan fingerprint density at radius 2 is 1.89 bits per heavy atom. The molecule has 7 nitrogen and oxygen atoms in total. The van der Waals surface area contributed by atoms with Crippen molar-refractivity contribution in [2.75, 3.05) is 6.54 Å². The van der Waals surface area contributed by atoms with Gasteiger partial charge in [0, 0.05) is 19.6 Å². The van der Waals surface area contributed by atoms with E-state index < -0.39 is 0 Å². The molecule has 19 heavy (non-hydrogen) atoms. The molecule has 0 aliphatic heterocycles. The number of aryl methyl sites for hydroxylation is 2. The first-order valence-corrected chi connectivity index (χ1v) is 6.54. The number of nitrogens with two attached hydrogens (primary N) is 1. The highest BCUT2D eigenvalue weighted by Gasteiger charge is 2.15. The Morgan fingerprint density at radius 1 is 1.21 bits per heavy atom. The summed E-state index contributed by atoms with van der Waals surface area (Å²) >= 11 is 0. The first-order valence-electron chi connectivity index (χ1n) is 6.54. The zero-order valence-electron chi connectivity index (χ0n) is 11.3. The number of hydrogen-bond acceptors (Lipinski definition) is 4. The third-order valence-corrected chi connectivity index (χ3v) is 3.22. The van der Waals surface area contributed by atoms with E-state index >= 15 is 0 Å². The molecule has 0 aromatic carbocycles. The van der Waals surface area contributed by atoms with Crippen molar-refractivity contribution in [3.05, 3.63) is 27.2 Å². The Hall–Kier alpha value is -1.89. The Labute approximate surface area is 110 Å². The highest BCUT2D eigenvalue weighted by atomic mass is 16.2. The van der Waals surface area contributed by atoms with E-state index in [1.165, 1.54) is 9.13 Å². The van der Waals surface area contributed by atoms with E-state index in [-0.39, 0.29) is 11.2 Å². The van der Waals surface area contributed by atoms with Gasteiger partial charge >= 0.3 is 5.69 Å². The number of fused-ring (bicyclic) bond motifs is 1. The molecule has 0 aliphatic carbocycles. The lowest BCUT2D eigenvalue weighted by atomic mass is 10.4. The molecule has 0 bridgehead atoms. The van der Waals surface area contributed by atoms with Gasteiger partial charge in [-0.1, -0.05) is 0 Å². The minimum Gasteiger partial charge on any atom is -0.330 e. The van der Waals surface area contributed by atoms with Crippen molar-refractivity contribution in [1.29, 1.82) is 0 Å². The van der Waals surface area contributed by atoms with Crippen LogP contribution in [0.15, 0.2) is 15.9 Å². The summed E-state index contributed by atoms with van der Waals surface area (Å²) < 4.78 is 4.55. The van der Waals surface area contributed by atoms with Crippen LogP contribution in [0.3, 0.4) is 0 Å². The fraction of sp³-hybridized carbons (Fsp3) is 0.583. The molecule has 0 atom stereocenters. The Kier molecular flexibility index (Phi) is 3.84. The van der Waals surface area contributed by atoms with Gasteiger partial charge in [0.15, 0.2) is 11.2 Å². The lowest BCUT2D eigenvalue weighted by Gasteiger charge is -2.09. The molecule has 0 spiro atoms. The Morgan fingerprint density at radius 3 is 2.47 bits per heavy atom. The lowest BCUT2D eigenvalue weighted by Crippen LogP contribution is -2.40. The molecule has 0 unspecified atom stereocenters. The van der Waals surface area contributed by atoms with Crippen LogP contribution in [-0.2, 0) is 19.6 Å². The maximum atomic E-state index is 12.4. The fourth-order valence-electron chi connectivity index (χ4n) is 2.23. The fourth-order valence-corrected chi connectivity index (χ4v) is 2.23. The third kappa shape index (κ3) is 2.10. The number of nitrogens with zero attached hydrogens (tertiary/aromatic N) is 4. The van der Waals surface area contributed by atoms with Crippen LogP contribution < -0.4 is 17.0 Å². The number of imidazole rings is 1. The van der Waals surface area contributed by atoms with Gasteiger partial charge in [0.1, 0.15) is 0 Å². The molecule has 0 fully saturated rings. The number of aromatic nitrogens is 4. The predicted molar refractivity (Wildman–Crippen MR) is 73.3 cm³/mol. The molecule has 0 radical (unpaired) electrons. The van der Waals surface area contributed by atoms with E-state index in [9.17, 15) is 9.59 Å². The summed E-state index contributed by atoms with van der Waals surface area (Å²) in [6.07, 6.45) is 2.37. The third-order valence-electron chi connectivity index (χ3n) is 3.22. The van der Waals surface area contributed by atoms with Gasteiger partial charge in [-0.3, -0.25) is 13.9 Å². The van der Waals surface area contributed by atoms with Crippen LogP contribution in [0.1, 0.15) is 20.3 Å². The summed E-state index contributed by atoms with van der Waals surface area (Å²) in [4.78, 5) is 28.7. The van der Waals surface area contributed by atoms with E-state index in [0.717, 1.165) is 6.42 Å². The van der Waals surface area contributed by atoms with E-state index in [0.29, 0.717) is 37.3 Å². The largest absolute Gasteiger partial charge is 0.332 e. The maximum Gasteiger partial charge on any atom is 0.332 e. The second kappa shape index (κ2) is 5.40. The number of hydrogen-bond donors (Lipinski definition) is 1. The molecule has 0 aliphatic rings. The molecule has 2 N–H and O–H groups in total. The van der Waals surface area contributed by atoms with E-state index in [1.54, 1.807) is 17.8 Å². The van der Waals surface area contributed by atoms with Gasteiger partial charge < -0.3 is 10.3 Å². The normalized spacial score (nSPS) is 11.3. The summed E-state index contributed by atoms with van der Waals surface area (Å²) in [7, 11) is 0. The zero-order valence-corrected chi connectivity index (χ0v) is 11.3. The first kappa shape index (κ1) is 13.5. The summed E-state index contributed by atoms with van der Waals surface area (Å²) in [5, 5.41) is 0. The molecule has 104 valence electrons. The van der Waals surface area contributed by atoms with Crippen molar-refractivity contribution in [3.63, 3.8) is 0 Å². The average Bonchev–Trinajstić information content (AvgIpc) is 2.81. The summed E-state index contributed by atoms with van der Waals surface area (Å²) in [6.45, 7) is 5.68. The van der Waals surface area contributed by atoms with Crippen molar-refractivity contribution >= 4 is 11.2 Å². The molecular formula is C12H19N5O2. The Bertz CT molecular complexity index is 694. The van der Waals surface area contributed by atoms with Gasteiger partial charge in [-0.25, -0.2) is 9.78 Å². The molecule has 0 saturated heterocycles. The van der Waals surface area contributed by atoms with Crippen LogP contribution in [0.25, 0.3) is 11.2 Å². The van der Waals surface area contributed by atoms with Crippen LogP contribution in [0.2, 0.25) is 0 Å². The summed E-state index contributed by atoms with van der Waals surface area (Å²) in [5.74, 6) is 0. The molecule has 7 heteroatoms. The van der Waals surface area contributed by atoms with Crippen LogP contribution in [0.5, 0.6) is 0 Å². The minimum atomic E-state index is -0.299. The highest BCUT2D eigenvalue weighted by Crippen LogP contribution is 2.07. The van der Waals surface area contributed by atoms with Crippen molar-refractivity contribution < 1.29 is 0 Å². The van der Waals surface area contributed by atoms with E-state index in [4.69, 9.17) is 5.73 Å². The molecule has 2 aromatic rings. The maximum absolute atomic E-state index is 12.4. The van der Waals surface area contributed by atoms with E-state index in [1.807, 2.05) is 6.92 Å². The van der Waals surface area contributed by atoms with Gasteiger partial charge in [0.25, 0.3) is 5.56 Å². The van der Waals surface area contributed by atoms with Crippen LogP contribution >= 0.6 is 0 Å². The van der Waals surface area contributed by atoms with Gasteiger partial charge in [-0.2, -0.15) is 0 Å². The SMILES string of the molecule is CCn1c(=O)c2c(ncn2CCCN)n(CC)c1=O. The molecule has 2 heterocycles. The standard InChI is InChI=1S/C12H19N5O2/c1-3-16-10-9(11(18)17(4-2)12(16)19)15(8-14-10)7-5-6-13/h8H,3-7,13H2,1-2H3. The molecule has 2 aromatic heterocycles. The highest BCUT2D eigenvalue weighted by molar-refractivity contribution is 5.70. The minimum absolute atomic E-state index is 0.276. The van der Waals surface area contributed by atoms with Gasteiger partial charge in [-0.05, 0) is 26.8 Å². The second-order valence-corrected chi connectivity index (χ2v) is 4.33. The van der Waals surface area contributed by atoms with Crippen molar-refractivity contribution in [2.24, 2.45) is 5.73 Å². The first-order chi connectivity index (χ1) is 9.15. The topological polar surface area (TPSA) is 87.8 Å². The Balaban J connectivity index is 2.79. The van der Waals surface area contributed by atoms with Crippen LogP contribution in [0, 0.1) is 0 Å². The molecule has 0 saturated carbocycles. The average molecular weight is 265 g/mol. The van der Waals surface area contributed by atoms with Gasteiger partial charge in [-0.15, -0.1) is 0 Å². The van der Waals surface area contributed by atoms with E-state index in [2.05, 4.69) is 4.98 Å². The van der Waals surface area contributed by atoms with Gasteiger partial charge in [0.2, 0.25) is 0 Å². The summed E-state index contributed by atoms with van der Waals surface area (Å²) in [6, 6.07) is 0. The van der Waals surface area contributed by atoms with Crippen LogP contribution in [-0.4, -0.2) is 25.2 Å². The van der Waals surface area contributed by atoms with Crippen LogP contribution in [0.4, 0.5) is 0 Å². The monoisotopic (exact) mass is 265 g/mol. The van der Waals surface area contributed by atoms with Crippen molar-refractivity contribution in [3.8, 4) is 0 Å². The molecule has 0 amide bonds. The molecule has 2 rings (SSSR count). The van der Waals surface area contributed by atoms with Crippen molar-refractivity contribution in [1.82, 2.24) is 18.7 Å². The van der Waals surface area contributed by atoms with Crippen molar-refractivity contribution in [2.45, 2.75) is 39.9 Å². The van der Waals surface area contributed by atoms with Gasteiger partial charge in [0.05, 0.1) is 6.33 Å². The predicted octanol–water partition coefficient (Wildman–Crippen LogP) is -0.252. The molecular weight excluding hydrogens is 246 g/mol. The zero-order chi connectivity index (χ0) is 14.0. The summed E-state index contributed by atoms with van der Waals surface area (Å²) in [5.41, 5.74) is 5.86. The smallest absolute Gasteiger partial charge is 0.330 e. The lowest BCUT2D eigenvalue weighted by molar-refractivity contribution is 0.599.